The van der Waals surface area contributed by atoms with Crippen molar-refractivity contribution in [3.05, 3.63) is 0 Å². The van der Waals surface area contributed by atoms with Crippen molar-refractivity contribution in [1.29, 1.82) is 0 Å². The second kappa shape index (κ2) is 9.33. The molecule has 2 N–H and O–H groups in total. The molecule has 1 unspecified atom stereocenters. The largest absolute Gasteiger partial charge is 0.462 e. The third kappa shape index (κ3) is 7.60. The van der Waals surface area contributed by atoms with Crippen LogP contribution in [0.25, 0.3) is 0 Å². The number of rotatable bonds is 7. The van der Waals surface area contributed by atoms with Crippen molar-refractivity contribution in [2.24, 2.45) is 0 Å². The Bertz CT molecular complexity index is 159. The fraction of sp³-hybridized carbons (Fsp3) is 0.778. The topological polar surface area (TPSA) is 58.9 Å². The van der Waals surface area contributed by atoms with Crippen LogP contribution in [0.4, 0.5) is 0 Å². The molecule has 0 aromatic rings. The molecule has 0 fully saturated rings. The molecular formula is C9H16O4. The van der Waals surface area contributed by atoms with E-state index < -0.39 is 0 Å². The van der Waals surface area contributed by atoms with E-state index in [0.29, 0.717) is 26.2 Å². The summed E-state index contributed by atoms with van der Waals surface area (Å²) in [4.78, 5) is 0. The third-order valence-corrected chi connectivity index (χ3v) is 1.36. The van der Waals surface area contributed by atoms with Crippen molar-refractivity contribution in [3.8, 4) is 12.0 Å². The Labute approximate surface area is 78.5 Å². The van der Waals surface area contributed by atoms with E-state index in [0.717, 1.165) is 0 Å². The van der Waals surface area contributed by atoms with Crippen LogP contribution in [-0.2, 0) is 9.47 Å². The van der Waals surface area contributed by atoms with Crippen molar-refractivity contribution in [3.63, 3.8) is 0 Å². The van der Waals surface area contributed by atoms with Gasteiger partial charge in [-0.3, -0.25) is 0 Å². The van der Waals surface area contributed by atoms with Crippen LogP contribution in [0.15, 0.2) is 0 Å². The minimum atomic E-state index is -0.257. The van der Waals surface area contributed by atoms with E-state index in [1.807, 2.05) is 6.92 Å². The first-order chi connectivity index (χ1) is 6.35. The van der Waals surface area contributed by atoms with Crippen molar-refractivity contribution in [2.45, 2.75) is 19.4 Å². The van der Waals surface area contributed by atoms with Crippen LogP contribution in [0.2, 0.25) is 0 Å². The van der Waals surface area contributed by atoms with Crippen molar-refractivity contribution >= 4 is 0 Å². The minimum absolute atomic E-state index is 0.0421. The molecule has 0 rings (SSSR count). The molecule has 0 saturated carbocycles. The van der Waals surface area contributed by atoms with E-state index in [9.17, 15) is 0 Å². The lowest BCUT2D eigenvalue weighted by molar-refractivity contribution is -0.0368. The van der Waals surface area contributed by atoms with Crippen molar-refractivity contribution in [1.82, 2.24) is 0 Å². The van der Waals surface area contributed by atoms with Crippen LogP contribution < -0.4 is 0 Å². The highest BCUT2D eigenvalue weighted by atomic mass is 16.5. The zero-order valence-corrected chi connectivity index (χ0v) is 7.82. The summed E-state index contributed by atoms with van der Waals surface area (Å²) in [5.74, 6) is 2.45. The Morgan fingerprint density at radius 2 is 2.23 bits per heavy atom. The Morgan fingerprint density at radius 3 is 2.77 bits per heavy atom. The zero-order valence-electron chi connectivity index (χ0n) is 7.82. The summed E-state index contributed by atoms with van der Waals surface area (Å²) in [7, 11) is 0. The average molecular weight is 188 g/mol. The van der Waals surface area contributed by atoms with E-state index in [4.69, 9.17) is 19.7 Å². The normalized spacial score (nSPS) is 11.8. The summed E-state index contributed by atoms with van der Waals surface area (Å²) in [5.41, 5.74) is 0. The predicted octanol–water partition coefficient (Wildman–Crippen LogP) is 0.124. The van der Waals surface area contributed by atoms with Crippen LogP contribution in [0.5, 0.6) is 0 Å². The lowest BCUT2D eigenvalue weighted by Crippen LogP contribution is -2.24. The molecular weight excluding hydrogens is 172 g/mol. The summed E-state index contributed by atoms with van der Waals surface area (Å²) in [6.07, 6.45) is 2.01. The van der Waals surface area contributed by atoms with Gasteiger partial charge in [-0.2, -0.15) is 0 Å². The lowest BCUT2D eigenvalue weighted by Gasteiger charge is -2.13. The van der Waals surface area contributed by atoms with Crippen molar-refractivity contribution < 1.29 is 19.7 Å². The lowest BCUT2D eigenvalue weighted by atomic mass is 10.4. The fourth-order valence-corrected chi connectivity index (χ4v) is 0.783. The monoisotopic (exact) mass is 188 g/mol. The smallest absolute Gasteiger partial charge is 0.107 e. The Morgan fingerprint density at radius 1 is 1.46 bits per heavy atom. The first kappa shape index (κ1) is 12.2. The molecule has 0 heterocycles. The first-order valence-electron chi connectivity index (χ1n) is 4.27. The number of ether oxygens (including phenoxy) is 2. The molecule has 76 valence electrons. The molecule has 0 aliphatic heterocycles. The van der Waals surface area contributed by atoms with E-state index in [1.165, 1.54) is 0 Å². The highest BCUT2D eigenvalue weighted by Crippen LogP contribution is 1.92. The minimum Gasteiger partial charge on any atom is -0.462 e. The molecule has 13 heavy (non-hydrogen) atoms. The Kier molecular flexibility index (Phi) is 8.78. The van der Waals surface area contributed by atoms with Crippen molar-refractivity contribution in [2.75, 3.05) is 26.4 Å². The predicted molar refractivity (Wildman–Crippen MR) is 47.6 cm³/mol. The molecule has 0 bridgehead atoms. The molecule has 4 heteroatoms. The van der Waals surface area contributed by atoms with E-state index in [2.05, 4.69) is 5.92 Å². The standard InChI is InChI=1S/C9H16O4/c1-2-13-9(7-11)8-12-6-4-3-5-10/h9-11H,2,4,6-8H2,1H3. The van der Waals surface area contributed by atoms with Crippen LogP contribution >= 0.6 is 0 Å². The van der Waals surface area contributed by atoms with Crippen LogP contribution in [0, 0.1) is 12.0 Å². The van der Waals surface area contributed by atoms with Gasteiger partial charge in [-0.05, 0) is 6.92 Å². The van der Waals surface area contributed by atoms with Gasteiger partial charge in [-0.1, -0.05) is 5.92 Å². The van der Waals surface area contributed by atoms with Gasteiger partial charge in [0.15, 0.2) is 0 Å². The zero-order chi connectivity index (χ0) is 9.94. The molecule has 0 aromatic carbocycles. The average Bonchev–Trinajstić information content (AvgIpc) is 2.16. The molecule has 4 nitrogen and oxygen atoms in total. The summed E-state index contributed by atoms with van der Waals surface area (Å²) in [6.45, 7) is 3.18. The summed E-state index contributed by atoms with van der Waals surface area (Å²) >= 11 is 0. The molecule has 0 aromatic heterocycles. The Hall–Kier alpha value is -0.760. The van der Waals surface area contributed by atoms with Crippen LogP contribution in [0.3, 0.4) is 0 Å². The number of aliphatic hydroxyl groups is 2. The van der Waals surface area contributed by atoms with Gasteiger partial charge in [0.25, 0.3) is 0 Å². The van der Waals surface area contributed by atoms with Gasteiger partial charge in [0.2, 0.25) is 0 Å². The van der Waals surface area contributed by atoms with Crippen LogP contribution in [-0.4, -0.2) is 42.7 Å². The number of aliphatic hydroxyl groups excluding tert-OH is 2. The van der Waals surface area contributed by atoms with Gasteiger partial charge in [0.05, 0.1) is 19.8 Å². The maximum absolute atomic E-state index is 8.79. The molecule has 0 radical (unpaired) electrons. The van der Waals surface area contributed by atoms with Gasteiger partial charge in [0.1, 0.15) is 12.2 Å². The van der Waals surface area contributed by atoms with Gasteiger partial charge in [-0.25, -0.2) is 0 Å². The van der Waals surface area contributed by atoms with Gasteiger partial charge >= 0.3 is 0 Å². The van der Waals surface area contributed by atoms with E-state index in [1.54, 1.807) is 6.11 Å². The molecule has 0 saturated heterocycles. The third-order valence-electron chi connectivity index (χ3n) is 1.36. The molecule has 0 spiro atoms. The summed E-state index contributed by atoms with van der Waals surface area (Å²) in [6, 6.07) is 0. The second-order valence-corrected chi connectivity index (χ2v) is 2.37. The first-order valence-corrected chi connectivity index (χ1v) is 4.27. The quantitative estimate of drug-likeness (QED) is 0.440. The van der Waals surface area contributed by atoms with E-state index in [-0.39, 0.29) is 12.7 Å². The number of hydrogen-bond donors (Lipinski definition) is 2. The second-order valence-electron chi connectivity index (χ2n) is 2.37. The highest BCUT2D eigenvalue weighted by molar-refractivity contribution is 4.88. The SMILES string of the molecule is CCOC(CO)COCCC#CO. The fourth-order valence-electron chi connectivity index (χ4n) is 0.783. The molecule has 0 amide bonds. The maximum Gasteiger partial charge on any atom is 0.107 e. The number of hydrogen-bond acceptors (Lipinski definition) is 4. The summed E-state index contributed by atoms with van der Waals surface area (Å²) in [5, 5.41) is 16.9. The van der Waals surface area contributed by atoms with Gasteiger partial charge < -0.3 is 19.7 Å². The van der Waals surface area contributed by atoms with Gasteiger partial charge in [-0.15, -0.1) is 0 Å². The molecule has 1 atom stereocenters. The maximum atomic E-state index is 8.79. The molecule has 0 aliphatic rings. The summed E-state index contributed by atoms with van der Waals surface area (Å²) < 4.78 is 10.3. The Balaban J connectivity index is 3.30. The molecule has 0 aliphatic carbocycles. The highest BCUT2D eigenvalue weighted by Gasteiger charge is 2.05. The van der Waals surface area contributed by atoms with Crippen LogP contribution in [0.1, 0.15) is 13.3 Å². The van der Waals surface area contributed by atoms with E-state index >= 15 is 0 Å². The van der Waals surface area contributed by atoms with Gasteiger partial charge in [0, 0.05) is 13.0 Å².